The normalized spacial score (nSPS) is 24.9. The van der Waals surface area contributed by atoms with Crippen molar-refractivity contribution in [2.24, 2.45) is 0 Å². The number of aliphatic hydroxyl groups excluding tert-OH is 1. The number of nitrogens with one attached hydrogen (secondary N) is 2. The molecule has 22 heavy (non-hydrogen) atoms. The SMILES string of the molecule is COC1CN(C(=O)Nc2cc3cc[nH]c3cn2)C(C)(CO)C1. The van der Waals surface area contributed by atoms with Gasteiger partial charge in [-0.3, -0.25) is 5.32 Å². The number of hydrogen-bond donors (Lipinski definition) is 3. The maximum atomic E-state index is 12.5. The molecule has 2 aromatic heterocycles. The predicted octanol–water partition coefficient (Wildman–Crippen LogP) is 1.57. The minimum absolute atomic E-state index is 0.0667. The topological polar surface area (TPSA) is 90.5 Å². The molecule has 0 aromatic carbocycles. The molecule has 2 unspecified atom stereocenters. The number of fused-ring (bicyclic) bond motifs is 1. The third-order valence-electron chi connectivity index (χ3n) is 4.30. The number of rotatable bonds is 3. The van der Waals surface area contributed by atoms with Gasteiger partial charge in [0, 0.05) is 31.7 Å². The van der Waals surface area contributed by atoms with Crippen LogP contribution in [0.25, 0.3) is 10.9 Å². The van der Waals surface area contributed by atoms with E-state index in [1.165, 1.54) is 0 Å². The maximum Gasteiger partial charge on any atom is 0.323 e. The minimum atomic E-state index is -0.622. The van der Waals surface area contributed by atoms with Crippen molar-refractivity contribution in [3.8, 4) is 0 Å². The number of nitrogens with zero attached hydrogens (tertiary/aromatic N) is 2. The van der Waals surface area contributed by atoms with E-state index in [1.54, 1.807) is 18.2 Å². The molecule has 1 saturated heterocycles. The van der Waals surface area contributed by atoms with E-state index in [-0.39, 0.29) is 18.7 Å². The van der Waals surface area contributed by atoms with Crippen LogP contribution in [0.3, 0.4) is 0 Å². The first-order valence-corrected chi connectivity index (χ1v) is 7.21. The van der Waals surface area contributed by atoms with Crippen LogP contribution in [0.1, 0.15) is 13.3 Å². The molecule has 7 heteroatoms. The minimum Gasteiger partial charge on any atom is -0.394 e. The van der Waals surface area contributed by atoms with Crippen LogP contribution in [0.2, 0.25) is 0 Å². The van der Waals surface area contributed by atoms with Crippen molar-refractivity contribution in [3.63, 3.8) is 0 Å². The summed E-state index contributed by atoms with van der Waals surface area (Å²) < 4.78 is 5.33. The Morgan fingerprint density at radius 3 is 3.23 bits per heavy atom. The second-order valence-corrected chi connectivity index (χ2v) is 5.89. The highest BCUT2D eigenvalue weighted by atomic mass is 16.5. The predicted molar refractivity (Wildman–Crippen MR) is 82.7 cm³/mol. The van der Waals surface area contributed by atoms with Crippen molar-refractivity contribution >= 4 is 22.8 Å². The summed E-state index contributed by atoms with van der Waals surface area (Å²) in [6.07, 6.45) is 4.04. The van der Waals surface area contributed by atoms with Gasteiger partial charge in [0.1, 0.15) is 5.82 Å². The summed E-state index contributed by atoms with van der Waals surface area (Å²) in [4.78, 5) is 21.4. The molecule has 1 fully saturated rings. The van der Waals surface area contributed by atoms with Crippen molar-refractivity contribution < 1.29 is 14.6 Å². The van der Waals surface area contributed by atoms with Gasteiger partial charge in [0.15, 0.2) is 0 Å². The molecule has 3 heterocycles. The molecule has 118 valence electrons. The molecule has 7 nitrogen and oxygen atoms in total. The molecule has 3 rings (SSSR count). The van der Waals surface area contributed by atoms with Gasteiger partial charge in [-0.05, 0) is 19.1 Å². The number of anilines is 1. The van der Waals surface area contributed by atoms with Crippen LogP contribution in [-0.2, 0) is 4.74 Å². The number of hydrogen-bond acceptors (Lipinski definition) is 4. The van der Waals surface area contributed by atoms with Crippen molar-refractivity contribution in [3.05, 3.63) is 24.5 Å². The molecule has 1 aliphatic rings. The summed E-state index contributed by atoms with van der Waals surface area (Å²) in [5.74, 6) is 0.484. The number of carbonyl (C=O) groups excluding carboxylic acids is 1. The summed E-state index contributed by atoms with van der Waals surface area (Å²) in [6.45, 7) is 2.20. The zero-order chi connectivity index (χ0) is 15.7. The summed E-state index contributed by atoms with van der Waals surface area (Å²) in [5.41, 5.74) is 0.293. The molecule has 2 amide bonds. The zero-order valence-corrected chi connectivity index (χ0v) is 12.7. The number of ether oxygens (including phenoxy) is 1. The molecule has 3 N–H and O–H groups in total. The number of carbonyl (C=O) groups is 1. The summed E-state index contributed by atoms with van der Waals surface area (Å²) >= 11 is 0. The number of aromatic nitrogens is 2. The number of likely N-dealkylation sites (tertiary alicyclic amines) is 1. The quantitative estimate of drug-likeness (QED) is 0.803. The van der Waals surface area contributed by atoms with E-state index in [2.05, 4.69) is 15.3 Å². The van der Waals surface area contributed by atoms with Crippen LogP contribution in [0, 0.1) is 0 Å². The van der Waals surface area contributed by atoms with Crippen LogP contribution in [-0.4, -0.2) is 57.9 Å². The molecule has 0 saturated carbocycles. The van der Waals surface area contributed by atoms with Gasteiger partial charge >= 0.3 is 6.03 Å². The van der Waals surface area contributed by atoms with Crippen LogP contribution < -0.4 is 5.32 Å². The number of urea groups is 1. The fourth-order valence-electron chi connectivity index (χ4n) is 2.92. The lowest BCUT2D eigenvalue weighted by atomic mass is 10.00. The monoisotopic (exact) mass is 304 g/mol. The van der Waals surface area contributed by atoms with Crippen molar-refractivity contribution in [2.45, 2.75) is 25.0 Å². The Bertz CT molecular complexity index is 686. The lowest BCUT2D eigenvalue weighted by Gasteiger charge is -2.32. The van der Waals surface area contributed by atoms with Crippen LogP contribution >= 0.6 is 0 Å². The van der Waals surface area contributed by atoms with Crippen molar-refractivity contribution in [2.75, 3.05) is 25.6 Å². The first-order chi connectivity index (χ1) is 10.6. The number of pyridine rings is 1. The van der Waals surface area contributed by atoms with E-state index >= 15 is 0 Å². The Morgan fingerprint density at radius 2 is 2.50 bits per heavy atom. The van der Waals surface area contributed by atoms with E-state index in [4.69, 9.17) is 4.74 Å². The first-order valence-electron chi connectivity index (χ1n) is 7.21. The summed E-state index contributed by atoms with van der Waals surface area (Å²) in [7, 11) is 1.62. The van der Waals surface area contributed by atoms with Gasteiger partial charge in [-0.2, -0.15) is 0 Å². The van der Waals surface area contributed by atoms with Crippen molar-refractivity contribution in [1.29, 1.82) is 0 Å². The highest BCUT2D eigenvalue weighted by Gasteiger charge is 2.44. The van der Waals surface area contributed by atoms with Gasteiger partial charge in [-0.25, -0.2) is 9.78 Å². The highest BCUT2D eigenvalue weighted by Crippen LogP contribution is 2.30. The lowest BCUT2D eigenvalue weighted by Crippen LogP contribution is -2.49. The highest BCUT2D eigenvalue weighted by molar-refractivity contribution is 5.91. The molecular formula is C15H20N4O3. The smallest absolute Gasteiger partial charge is 0.323 e. The van der Waals surface area contributed by atoms with Crippen LogP contribution in [0.5, 0.6) is 0 Å². The average molecular weight is 304 g/mol. The number of amides is 2. The maximum absolute atomic E-state index is 12.5. The largest absolute Gasteiger partial charge is 0.394 e. The Hall–Kier alpha value is -2.12. The standard InChI is InChI=1S/C15H20N4O3/c1-15(9-20)6-11(22-2)8-19(15)14(21)18-13-5-10-3-4-16-12(10)7-17-13/h3-5,7,11,16,20H,6,8-9H2,1-2H3,(H,17,18,21). The van der Waals surface area contributed by atoms with Gasteiger partial charge in [0.05, 0.1) is 30.0 Å². The van der Waals surface area contributed by atoms with Crippen LogP contribution in [0.4, 0.5) is 10.6 Å². The molecular weight excluding hydrogens is 284 g/mol. The summed E-state index contributed by atoms with van der Waals surface area (Å²) in [5, 5.41) is 13.4. The average Bonchev–Trinajstić information content (AvgIpc) is 3.11. The fourth-order valence-corrected chi connectivity index (χ4v) is 2.92. The number of H-pyrrole nitrogens is 1. The summed E-state index contributed by atoms with van der Waals surface area (Å²) in [6, 6.07) is 3.45. The molecule has 0 spiro atoms. The van der Waals surface area contributed by atoms with Gasteiger partial charge in [0.2, 0.25) is 0 Å². The van der Waals surface area contributed by atoms with E-state index in [0.29, 0.717) is 18.8 Å². The van der Waals surface area contributed by atoms with Crippen LogP contribution in [0.15, 0.2) is 24.5 Å². The second-order valence-electron chi connectivity index (χ2n) is 5.89. The van der Waals surface area contributed by atoms with Gasteiger partial charge < -0.3 is 19.7 Å². The Balaban J connectivity index is 1.78. The molecule has 0 aliphatic carbocycles. The third-order valence-corrected chi connectivity index (χ3v) is 4.30. The molecule has 0 bridgehead atoms. The van der Waals surface area contributed by atoms with E-state index in [1.807, 2.05) is 25.3 Å². The molecule has 2 aromatic rings. The second kappa shape index (κ2) is 5.58. The van der Waals surface area contributed by atoms with Gasteiger partial charge in [-0.1, -0.05) is 0 Å². The van der Waals surface area contributed by atoms with Crippen molar-refractivity contribution in [1.82, 2.24) is 14.9 Å². The van der Waals surface area contributed by atoms with Gasteiger partial charge in [0.25, 0.3) is 0 Å². The number of methoxy groups -OCH3 is 1. The Labute approximate surface area is 128 Å². The number of aliphatic hydroxyl groups is 1. The molecule has 1 aliphatic heterocycles. The van der Waals surface area contributed by atoms with E-state index in [9.17, 15) is 9.90 Å². The Morgan fingerprint density at radius 1 is 1.68 bits per heavy atom. The third kappa shape index (κ3) is 2.53. The first kappa shape index (κ1) is 14.8. The Kier molecular flexibility index (Phi) is 3.76. The van der Waals surface area contributed by atoms with E-state index < -0.39 is 5.54 Å². The lowest BCUT2D eigenvalue weighted by molar-refractivity contribution is 0.0985. The van der Waals surface area contributed by atoms with Gasteiger partial charge in [-0.15, -0.1) is 0 Å². The van der Waals surface area contributed by atoms with E-state index in [0.717, 1.165) is 10.9 Å². The molecule has 0 radical (unpaired) electrons. The fraction of sp³-hybridized carbons (Fsp3) is 0.467. The molecule has 2 atom stereocenters. The number of aromatic amines is 1. The zero-order valence-electron chi connectivity index (χ0n) is 12.7.